The van der Waals surface area contributed by atoms with Crippen molar-refractivity contribution in [1.82, 2.24) is 5.32 Å². The monoisotopic (exact) mass is 727 g/mol. The van der Waals surface area contributed by atoms with Gasteiger partial charge in [0.25, 0.3) is 0 Å². The second kappa shape index (κ2) is 28.0. The first-order valence-corrected chi connectivity index (χ1v) is 19.2. The van der Waals surface area contributed by atoms with Crippen LogP contribution in [0.5, 0.6) is 0 Å². The summed E-state index contributed by atoms with van der Waals surface area (Å²) in [5.41, 5.74) is 6.31. The molecule has 2 atom stereocenters. The fourth-order valence-electron chi connectivity index (χ4n) is 5.07. The Morgan fingerprint density at radius 2 is 1.52 bits per heavy atom. The summed E-state index contributed by atoms with van der Waals surface area (Å²) in [6, 6.07) is 19.9. The fraction of sp³-hybridized carbons (Fsp3) is 0.511. The minimum absolute atomic E-state index is 0.147. The maximum Gasteiger partial charge on any atom is 0.419 e. The van der Waals surface area contributed by atoms with Gasteiger partial charge in [-0.1, -0.05) is 141 Å². The summed E-state index contributed by atoms with van der Waals surface area (Å²) in [4.78, 5) is 15.3. The number of allylic oxidation sites excluding steroid dienone is 2. The number of nitrogens with one attached hydrogen (secondary N) is 1. The van der Waals surface area contributed by atoms with Crippen molar-refractivity contribution in [3.8, 4) is 0 Å². The van der Waals surface area contributed by atoms with Gasteiger partial charge in [0.15, 0.2) is 0 Å². The quantitative estimate of drug-likeness (QED) is 0.0691. The molecule has 1 N–H and O–H groups in total. The standard InChI is InChI=1S/C29H42N2.C9H6F4O.C5H12.C2H6/c1-7-11-24(5)27-12-9-10-13-28(27)31-29(20-26-16-14-23(4)15-17-26)25(6)21-30-19-18-22(3)8-2;10-8-2-1-6(3-4-14)5-7(8)9(11,12)13;1-3-5-4-2;1-2/h9-17,22,25,30H,7-8,18-21H2,1-6H3;1-2,4-5H,3H2;3-5H2,1-2H3;1-2H3/b24-11-,31-29?;;;. The van der Waals surface area contributed by atoms with E-state index in [4.69, 9.17) is 4.99 Å². The largest absolute Gasteiger partial charge is 0.419 e. The summed E-state index contributed by atoms with van der Waals surface area (Å²) in [5.74, 6) is -0.169. The van der Waals surface area contributed by atoms with E-state index in [0.717, 1.165) is 43.6 Å². The first-order chi connectivity index (χ1) is 24.8. The van der Waals surface area contributed by atoms with Gasteiger partial charge in [-0.3, -0.25) is 4.99 Å². The molecular weight excluding hydrogens is 661 g/mol. The Labute approximate surface area is 313 Å². The van der Waals surface area contributed by atoms with Crippen LogP contribution in [0, 0.1) is 24.6 Å². The van der Waals surface area contributed by atoms with Crippen molar-refractivity contribution >= 4 is 23.3 Å². The molecule has 2 unspecified atom stereocenters. The average molecular weight is 727 g/mol. The van der Waals surface area contributed by atoms with E-state index >= 15 is 0 Å². The maximum absolute atomic E-state index is 12.7. The van der Waals surface area contributed by atoms with Crippen LogP contribution in [0.25, 0.3) is 5.57 Å². The SMILES string of the molecule is CC.CC/C=C(/C)c1ccccc1N=C(Cc1ccc(C)cc1)C(C)CNCCC(C)CC.CCCCC.O=CCc1ccc(F)c(C(F)(F)F)c1. The Balaban J connectivity index is 0.00000102. The summed E-state index contributed by atoms with van der Waals surface area (Å²) in [6.45, 7) is 23.9. The number of aldehydes is 1. The van der Waals surface area contributed by atoms with Crippen LogP contribution in [0.15, 0.2) is 77.8 Å². The Bertz CT molecular complexity index is 1440. The summed E-state index contributed by atoms with van der Waals surface area (Å²) in [7, 11) is 0. The van der Waals surface area contributed by atoms with E-state index in [2.05, 4.69) is 115 Å². The molecule has 0 aromatic heterocycles. The van der Waals surface area contributed by atoms with Gasteiger partial charge in [-0.05, 0) is 74.1 Å². The molecule has 290 valence electrons. The Kier molecular flexibility index (Phi) is 26.1. The van der Waals surface area contributed by atoms with Gasteiger partial charge < -0.3 is 10.1 Å². The van der Waals surface area contributed by atoms with E-state index in [1.54, 1.807) is 0 Å². The molecule has 3 nitrogen and oxygen atoms in total. The van der Waals surface area contributed by atoms with Crippen molar-refractivity contribution in [3.63, 3.8) is 0 Å². The van der Waals surface area contributed by atoms with E-state index < -0.39 is 17.6 Å². The molecule has 0 fully saturated rings. The number of carbonyl (C=O) groups excluding carboxylic acids is 1. The zero-order chi connectivity index (χ0) is 39.5. The third-order valence-electron chi connectivity index (χ3n) is 8.50. The Hall–Kier alpha value is -3.58. The van der Waals surface area contributed by atoms with Gasteiger partial charge in [0.05, 0.1) is 11.3 Å². The van der Waals surface area contributed by atoms with Gasteiger partial charge >= 0.3 is 6.18 Å². The molecule has 3 aromatic rings. The number of aryl methyl sites for hydroxylation is 1. The third kappa shape index (κ3) is 19.9. The van der Waals surface area contributed by atoms with E-state index in [1.165, 1.54) is 60.1 Å². The molecule has 3 rings (SSSR count). The molecule has 0 amide bonds. The minimum atomic E-state index is -4.72. The summed E-state index contributed by atoms with van der Waals surface area (Å²) >= 11 is 0. The van der Waals surface area contributed by atoms with Gasteiger partial charge in [-0.2, -0.15) is 13.2 Å². The predicted molar refractivity (Wildman–Crippen MR) is 216 cm³/mol. The minimum Gasteiger partial charge on any atom is -0.316 e. The van der Waals surface area contributed by atoms with Crippen LogP contribution in [0.2, 0.25) is 0 Å². The molecule has 0 saturated carbocycles. The van der Waals surface area contributed by atoms with Crippen molar-refractivity contribution in [2.24, 2.45) is 16.8 Å². The van der Waals surface area contributed by atoms with E-state index in [-0.39, 0.29) is 12.0 Å². The van der Waals surface area contributed by atoms with Crippen molar-refractivity contribution in [2.45, 2.75) is 127 Å². The van der Waals surface area contributed by atoms with E-state index in [9.17, 15) is 22.4 Å². The molecule has 0 aliphatic heterocycles. The predicted octanol–water partition coefficient (Wildman–Crippen LogP) is 13.6. The Morgan fingerprint density at radius 1 is 0.904 bits per heavy atom. The molecular formula is C45H66F4N2O. The number of benzene rings is 3. The molecule has 0 heterocycles. The van der Waals surface area contributed by atoms with Crippen LogP contribution >= 0.6 is 0 Å². The lowest BCUT2D eigenvalue weighted by atomic mass is 9.96. The zero-order valence-corrected chi connectivity index (χ0v) is 33.6. The van der Waals surface area contributed by atoms with Gasteiger partial charge in [0.1, 0.15) is 12.1 Å². The summed E-state index contributed by atoms with van der Waals surface area (Å²) in [5, 5.41) is 3.68. The normalized spacial score (nSPS) is 12.7. The fourth-order valence-corrected chi connectivity index (χ4v) is 5.07. The molecule has 3 aromatic carbocycles. The number of unbranched alkanes of at least 4 members (excludes halogenated alkanes) is 2. The van der Waals surface area contributed by atoms with Crippen LogP contribution in [0.4, 0.5) is 23.2 Å². The number of para-hydroxylation sites is 1. The highest BCUT2D eigenvalue weighted by molar-refractivity contribution is 5.92. The molecule has 0 radical (unpaired) electrons. The highest BCUT2D eigenvalue weighted by Crippen LogP contribution is 2.32. The van der Waals surface area contributed by atoms with Crippen LogP contribution in [-0.4, -0.2) is 25.1 Å². The lowest BCUT2D eigenvalue weighted by Gasteiger charge is -2.18. The van der Waals surface area contributed by atoms with Crippen molar-refractivity contribution < 1.29 is 22.4 Å². The molecule has 0 aliphatic rings. The number of carbonyl (C=O) groups is 1. The Morgan fingerprint density at radius 3 is 2.06 bits per heavy atom. The van der Waals surface area contributed by atoms with Crippen molar-refractivity contribution in [1.29, 1.82) is 0 Å². The number of halogens is 4. The molecule has 0 aliphatic carbocycles. The molecule has 0 bridgehead atoms. The number of hydrogen-bond acceptors (Lipinski definition) is 3. The maximum atomic E-state index is 12.7. The third-order valence-corrected chi connectivity index (χ3v) is 8.50. The zero-order valence-electron chi connectivity index (χ0n) is 33.6. The molecule has 0 saturated heterocycles. The molecule has 0 spiro atoms. The molecule has 7 heteroatoms. The molecule has 52 heavy (non-hydrogen) atoms. The van der Waals surface area contributed by atoms with Gasteiger partial charge in [-0.15, -0.1) is 0 Å². The first-order valence-electron chi connectivity index (χ1n) is 19.2. The highest BCUT2D eigenvalue weighted by Gasteiger charge is 2.34. The summed E-state index contributed by atoms with van der Waals surface area (Å²) in [6.07, 6.45) is 6.37. The lowest BCUT2D eigenvalue weighted by molar-refractivity contribution is -0.140. The van der Waals surface area contributed by atoms with Crippen LogP contribution in [-0.2, 0) is 23.8 Å². The average Bonchev–Trinajstić information content (AvgIpc) is 3.13. The number of rotatable bonds is 16. The van der Waals surface area contributed by atoms with E-state index in [1.807, 2.05) is 13.8 Å². The lowest BCUT2D eigenvalue weighted by Crippen LogP contribution is -2.29. The second-order valence-corrected chi connectivity index (χ2v) is 13.0. The topological polar surface area (TPSA) is 41.5 Å². The number of aliphatic imine (C=N–C) groups is 1. The number of alkyl halides is 3. The second-order valence-electron chi connectivity index (χ2n) is 13.0. The highest BCUT2D eigenvalue weighted by atomic mass is 19.4. The van der Waals surface area contributed by atoms with Crippen LogP contribution in [0.1, 0.15) is 129 Å². The van der Waals surface area contributed by atoms with Crippen LogP contribution in [0.3, 0.4) is 0 Å². The van der Waals surface area contributed by atoms with Gasteiger partial charge in [-0.25, -0.2) is 4.39 Å². The number of hydrogen-bond donors (Lipinski definition) is 1. The van der Waals surface area contributed by atoms with E-state index in [0.29, 0.717) is 24.3 Å². The van der Waals surface area contributed by atoms with Crippen LogP contribution < -0.4 is 5.32 Å². The smallest absolute Gasteiger partial charge is 0.316 e. The number of nitrogens with zero attached hydrogens (tertiary/aromatic N) is 1. The van der Waals surface area contributed by atoms with Crippen molar-refractivity contribution in [3.05, 3.63) is 106 Å². The first kappa shape index (κ1) is 48.4. The van der Waals surface area contributed by atoms with Gasteiger partial charge in [0, 0.05) is 36.6 Å². The summed E-state index contributed by atoms with van der Waals surface area (Å²) < 4.78 is 49.1. The van der Waals surface area contributed by atoms with Gasteiger partial charge in [0.2, 0.25) is 0 Å². The van der Waals surface area contributed by atoms with Crippen molar-refractivity contribution in [2.75, 3.05) is 13.1 Å².